The van der Waals surface area contributed by atoms with Crippen molar-refractivity contribution in [2.75, 3.05) is 6.54 Å². The van der Waals surface area contributed by atoms with Crippen molar-refractivity contribution in [2.24, 2.45) is 5.73 Å². The maximum absolute atomic E-state index is 9.35. The monoisotopic (exact) mass is 183 g/mol. The second-order valence-electron chi connectivity index (χ2n) is 2.96. The van der Waals surface area contributed by atoms with Crippen LogP contribution in [0.2, 0.25) is 0 Å². The van der Waals surface area contributed by atoms with Gasteiger partial charge in [-0.15, -0.1) is 0 Å². The number of aliphatic hydroxyl groups is 1. The minimum Gasteiger partial charge on any atom is -0.504 e. The van der Waals surface area contributed by atoms with E-state index in [0.717, 1.165) is 0 Å². The number of aliphatic hydroxyl groups excluding tert-OH is 1. The van der Waals surface area contributed by atoms with Crippen molar-refractivity contribution < 1.29 is 15.3 Å². The summed E-state index contributed by atoms with van der Waals surface area (Å²) in [5, 5.41) is 27.8. The van der Waals surface area contributed by atoms with Gasteiger partial charge in [0, 0.05) is 6.54 Å². The van der Waals surface area contributed by atoms with E-state index in [9.17, 15) is 15.3 Å². The van der Waals surface area contributed by atoms with Gasteiger partial charge in [-0.1, -0.05) is 0 Å². The predicted octanol–water partition coefficient (Wildman–Crippen LogP) is 0.398. The number of phenolic OH excluding ortho intramolecular Hbond substituents is 2. The maximum atomic E-state index is 9.35. The number of nitrogens with two attached hydrogens (primary N) is 1. The number of aryl methyl sites for hydroxylation is 1. The Kier molecular flexibility index (Phi) is 2.75. The Morgan fingerprint density at radius 2 is 2.00 bits per heavy atom. The number of phenols is 2. The van der Waals surface area contributed by atoms with E-state index in [1.165, 1.54) is 6.07 Å². The zero-order valence-corrected chi connectivity index (χ0v) is 7.36. The van der Waals surface area contributed by atoms with Crippen LogP contribution in [0.4, 0.5) is 0 Å². The van der Waals surface area contributed by atoms with Crippen LogP contribution < -0.4 is 5.73 Å². The molecule has 4 nitrogen and oxygen atoms in total. The summed E-state index contributed by atoms with van der Waals surface area (Å²) in [5.41, 5.74) is 6.27. The molecule has 1 atom stereocenters. The van der Waals surface area contributed by atoms with E-state index in [2.05, 4.69) is 0 Å². The van der Waals surface area contributed by atoms with Crippen LogP contribution in [-0.4, -0.2) is 21.9 Å². The quantitative estimate of drug-likeness (QED) is 0.500. The number of hydrogen-bond acceptors (Lipinski definition) is 4. The summed E-state index contributed by atoms with van der Waals surface area (Å²) >= 11 is 0. The Balaban J connectivity index is 3.13. The first-order chi connectivity index (χ1) is 6.06. The summed E-state index contributed by atoms with van der Waals surface area (Å²) in [4.78, 5) is 0. The largest absolute Gasteiger partial charge is 0.504 e. The van der Waals surface area contributed by atoms with Crippen LogP contribution >= 0.6 is 0 Å². The third-order valence-corrected chi connectivity index (χ3v) is 1.91. The fourth-order valence-electron chi connectivity index (χ4n) is 1.12. The molecule has 0 bridgehead atoms. The van der Waals surface area contributed by atoms with Gasteiger partial charge in [-0.2, -0.15) is 0 Å². The normalized spacial score (nSPS) is 12.8. The summed E-state index contributed by atoms with van der Waals surface area (Å²) < 4.78 is 0. The molecule has 0 radical (unpaired) electrons. The first-order valence-electron chi connectivity index (χ1n) is 3.97. The molecule has 5 N–H and O–H groups in total. The molecule has 4 heteroatoms. The number of hydrogen-bond donors (Lipinski definition) is 4. The van der Waals surface area contributed by atoms with Crippen LogP contribution in [0.25, 0.3) is 0 Å². The Hall–Kier alpha value is -1.26. The molecular formula is C9H13NO3. The van der Waals surface area contributed by atoms with Gasteiger partial charge in [0.05, 0.1) is 6.10 Å². The van der Waals surface area contributed by atoms with E-state index in [1.54, 1.807) is 13.0 Å². The van der Waals surface area contributed by atoms with Gasteiger partial charge in [-0.25, -0.2) is 0 Å². The molecule has 0 amide bonds. The molecule has 72 valence electrons. The van der Waals surface area contributed by atoms with Crippen molar-refractivity contribution in [3.05, 3.63) is 23.3 Å². The number of rotatable bonds is 2. The molecule has 0 aromatic heterocycles. The van der Waals surface area contributed by atoms with Crippen LogP contribution in [0, 0.1) is 6.92 Å². The third kappa shape index (κ3) is 1.91. The van der Waals surface area contributed by atoms with E-state index in [0.29, 0.717) is 11.1 Å². The summed E-state index contributed by atoms with van der Waals surface area (Å²) in [6.45, 7) is 1.73. The maximum Gasteiger partial charge on any atom is 0.160 e. The summed E-state index contributed by atoms with van der Waals surface area (Å²) in [7, 11) is 0. The highest BCUT2D eigenvalue weighted by atomic mass is 16.3. The second kappa shape index (κ2) is 3.64. The molecule has 1 unspecified atom stereocenters. The molecule has 0 heterocycles. The van der Waals surface area contributed by atoms with Gasteiger partial charge in [-0.3, -0.25) is 0 Å². The Labute approximate surface area is 76.2 Å². The fourth-order valence-corrected chi connectivity index (χ4v) is 1.12. The molecule has 0 saturated heterocycles. The summed E-state index contributed by atoms with van der Waals surface area (Å²) in [5.74, 6) is -0.393. The van der Waals surface area contributed by atoms with Crippen molar-refractivity contribution in [3.63, 3.8) is 0 Å². The molecular weight excluding hydrogens is 170 g/mol. The van der Waals surface area contributed by atoms with Crippen molar-refractivity contribution in [3.8, 4) is 11.5 Å². The minimum absolute atomic E-state index is 0.0870. The lowest BCUT2D eigenvalue weighted by molar-refractivity contribution is 0.186. The standard InChI is InChI=1S/C9H13NO3/c1-5-2-6(8(12)4-10)3-7(11)9(5)13/h2-3,8,11-13H,4,10H2,1H3. The summed E-state index contributed by atoms with van der Waals surface area (Å²) in [6, 6.07) is 2.90. The first-order valence-corrected chi connectivity index (χ1v) is 3.97. The number of benzene rings is 1. The van der Waals surface area contributed by atoms with Gasteiger partial charge in [0.1, 0.15) is 0 Å². The summed E-state index contributed by atoms with van der Waals surface area (Å²) in [6.07, 6.45) is -0.801. The average Bonchev–Trinajstić information content (AvgIpc) is 2.12. The SMILES string of the molecule is Cc1cc(C(O)CN)cc(O)c1O. The number of aromatic hydroxyl groups is 2. The smallest absolute Gasteiger partial charge is 0.160 e. The van der Waals surface area contributed by atoms with Gasteiger partial charge >= 0.3 is 0 Å². The van der Waals surface area contributed by atoms with Gasteiger partial charge in [0.15, 0.2) is 11.5 Å². The molecule has 0 aliphatic carbocycles. The molecule has 0 aliphatic rings. The van der Waals surface area contributed by atoms with Crippen molar-refractivity contribution in [1.82, 2.24) is 0 Å². The second-order valence-corrected chi connectivity index (χ2v) is 2.96. The van der Waals surface area contributed by atoms with Gasteiger partial charge in [0.25, 0.3) is 0 Å². The van der Waals surface area contributed by atoms with Gasteiger partial charge < -0.3 is 21.1 Å². The van der Waals surface area contributed by atoms with Crippen molar-refractivity contribution in [1.29, 1.82) is 0 Å². The van der Waals surface area contributed by atoms with E-state index in [1.807, 2.05) is 0 Å². The average molecular weight is 183 g/mol. The van der Waals surface area contributed by atoms with E-state index in [4.69, 9.17) is 5.73 Å². The lowest BCUT2D eigenvalue weighted by Gasteiger charge is -2.10. The molecule has 1 aromatic carbocycles. The molecule has 0 spiro atoms. The zero-order chi connectivity index (χ0) is 10.0. The zero-order valence-electron chi connectivity index (χ0n) is 7.36. The molecule has 13 heavy (non-hydrogen) atoms. The Morgan fingerprint density at radius 3 is 2.46 bits per heavy atom. The molecule has 0 aliphatic heterocycles. The van der Waals surface area contributed by atoms with Crippen LogP contribution in [-0.2, 0) is 0 Å². The van der Waals surface area contributed by atoms with E-state index >= 15 is 0 Å². The highest BCUT2D eigenvalue weighted by molar-refractivity contribution is 5.47. The molecule has 0 saturated carbocycles. The fraction of sp³-hybridized carbons (Fsp3) is 0.333. The Morgan fingerprint density at radius 1 is 1.38 bits per heavy atom. The molecule has 0 fully saturated rings. The van der Waals surface area contributed by atoms with E-state index < -0.39 is 6.10 Å². The topological polar surface area (TPSA) is 86.7 Å². The predicted molar refractivity (Wildman–Crippen MR) is 48.5 cm³/mol. The van der Waals surface area contributed by atoms with E-state index in [-0.39, 0.29) is 18.0 Å². The first kappa shape index (κ1) is 9.83. The van der Waals surface area contributed by atoms with Crippen LogP contribution in [0.5, 0.6) is 11.5 Å². The highest BCUT2D eigenvalue weighted by Gasteiger charge is 2.10. The van der Waals surface area contributed by atoms with Crippen LogP contribution in [0.15, 0.2) is 12.1 Å². The Bertz CT molecular complexity index is 289. The van der Waals surface area contributed by atoms with Gasteiger partial charge in [0.2, 0.25) is 0 Å². The van der Waals surface area contributed by atoms with Crippen LogP contribution in [0.1, 0.15) is 17.2 Å². The minimum atomic E-state index is -0.801. The van der Waals surface area contributed by atoms with Crippen molar-refractivity contribution >= 4 is 0 Å². The molecule has 1 aromatic rings. The van der Waals surface area contributed by atoms with Gasteiger partial charge in [-0.05, 0) is 30.2 Å². The lowest BCUT2D eigenvalue weighted by atomic mass is 10.1. The van der Waals surface area contributed by atoms with Crippen molar-refractivity contribution in [2.45, 2.75) is 13.0 Å². The third-order valence-electron chi connectivity index (χ3n) is 1.91. The lowest BCUT2D eigenvalue weighted by Crippen LogP contribution is -2.11. The van der Waals surface area contributed by atoms with Crippen LogP contribution in [0.3, 0.4) is 0 Å². The highest BCUT2D eigenvalue weighted by Crippen LogP contribution is 2.31. The molecule has 1 rings (SSSR count).